The molecule has 25 heavy (non-hydrogen) atoms. The highest BCUT2D eigenvalue weighted by Gasteiger charge is 2.03. The molecule has 0 N–H and O–H groups in total. The zero-order valence-corrected chi connectivity index (χ0v) is 13.8. The summed E-state index contributed by atoms with van der Waals surface area (Å²) in [4.78, 5) is 16.4. The third-order valence-electron chi connectivity index (χ3n) is 3.89. The highest BCUT2D eigenvalue weighted by atomic mass is 19.1. The lowest BCUT2D eigenvalue weighted by Gasteiger charge is -2.07. The fraction of sp³-hybridized carbons (Fsp3) is 0.143. The summed E-state index contributed by atoms with van der Waals surface area (Å²) in [5.41, 5.74) is 2.71. The molecule has 0 radical (unpaired) electrons. The van der Waals surface area contributed by atoms with Crippen LogP contribution in [0.15, 0.2) is 84.0 Å². The first-order valence-electron chi connectivity index (χ1n) is 8.22. The van der Waals surface area contributed by atoms with Crippen molar-refractivity contribution in [2.24, 2.45) is 4.99 Å². The zero-order chi connectivity index (χ0) is 17.5. The topological polar surface area (TPSA) is 34.4 Å². The van der Waals surface area contributed by atoms with E-state index in [1.54, 1.807) is 12.1 Å². The van der Waals surface area contributed by atoms with E-state index in [0.29, 0.717) is 24.9 Å². The number of benzene rings is 2. The summed E-state index contributed by atoms with van der Waals surface area (Å²) in [6.45, 7) is 0.658. The highest BCUT2D eigenvalue weighted by Crippen LogP contribution is 2.06. The Morgan fingerprint density at radius 2 is 1.60 bits per heavy atom. The van der Waals surface area contributed by atoms with Crippen molar-refractivity contribution in [1.82, 2.24) is 4.57 Å². The summed E-state index contributed by atoms with van der Waals surface area (Å²) in [5.74, 6) is -0.455. The normalized spacial score (nSPS) is 11.5. The van der Waals surface area contributed by atoms with E-state index in [1.807, 2.05) is 59.3 Å². The molecule has 4 heteroatoms. The van der Waals surface area contributed by atoms with Gasteiger partial charge in [0.05, 0.1) is 0 Å². The number of hydrogen-bond acceptors (Lipinski definition) is 1. The summed E-state index contributed by atoms with van der Waals surface area (Å²) in [5, 5.41) is 0. The molecule has 0 saturated heterocycles. The molecule has 0 aliphatic carbocycles. The number of rotatable bonds is 5. The second-order valence-corrected chi connectivity index (χ2v) is 5.80. The largest absolute Gasteiger partial charge is 0.329 e. The summed E-state index contributed by atoms with van der Waals surface area (Å²) in [6, 6.07) is 21.9. The van der Waals surface area contributed by atoms with Gasteiger partial charge in [-0.3, -0.25) is 4.79 Å². The minimum atomic E-state index is -0.272. The minimum absolute atomic E-state index is 0.183. The number of nitrogens with zero attached hydrogens (tertiary/aromatic N) is 2. The Morgan fingerprint density at radius 1 is 0.880 bits per heavy atom. The molecule has 1 heterocycles. The Hall–Kier alpha value is -3.01. The van der Waals surface area contributed by atoms with Crippen LogP contribution in [-0.4, -0.2) is 10.5 Å². The minimum Gasteiger partial charge on any atom is -0.329 e. The molecule has 3 rings (SSSR count). The van der Waals surface area contributed by atoms with Crippen LogP contribution in [0, 0.1) is 5.82 Å². The van der Waals surface area contributed by atoms with Crippen LogP contribution in [0.2, 0.25) is 0 Å². The van der Waals surface area contributed by atoms with Crippen LogP contribution in [0.5, 0.6) is 0 Å². The second-order valence-electron chi connectivity index (χ2n) is 5.80. The fourth-order valence-electron chi connectivity index (χ4n) is 2.57. The summed E-state index contributed by atoms with van der Waals surface area (Å²) in [6.07, 6.45) is 2.76. The van der Waals surface area contributed by atoms with Crippen molar-refractivity contribution >= 4 is 5.91 Å². The van der Waals surface area contributed by atoms with Crippen molar-refractivity contribution in [2.45, 2.75) is 19.4 Å². The van der Waals surface area contributed by atoms with Gasteiger partial charge in [0.1, 0.15) is 11.3 Å². The Bertz CT molecular complexity index is 899. The average Bonchev–Trinajstić information content (AvgIpc) is 2.64. The van der Waals surface area contributed by atoms with Gasteiger partial charge in [0.2, 0.25) is 5.91 Å². The molecule has 126 valence electrons. The van der Waals surface area contributed by atoms with Crippen LogP contribution in [0.3, 0.4) is 0 Å². The molecule has 2 aromatic carbocycles. The Kier molecular flexibility index (Phi) is 5.52. The molecule has 1 aromatic heterocycles. The van der Waals surface area contributed by atoms with E-state index in [1.165, 1.54) is 12.1 Å². The number of amides is 1. The lowest BCUT2D eigenvalue weighted by molar-refractivity contribution is -0.118. The molecule has 3 nitrogen and oxygen atoms in total. The molecule has 0 aliphatic heterocycles. The number of halogens is 1. The van der Waals surface area contributed by atoms with E-state index >= 15 is 0 Å². The zero-order valence-electron chi connectivity index (χ0n) is 13.8. The molecule has 0 spiro atoms. The number of pyridine rings is 1. The molecule has 0 aliphatic rings. The Labute approximate surface area is 146 Å². The molecule has 3 aromatic rings. The lowest BCUT2D eigenvalue weighted by atomic mass is 10.1. The van der Waals surface area contributed by atoms with Crippen LogP contribution in [-0.2, 0) is 17.8 Å². The molecular weight excluding hydrogens is 315 g/mol. The predicted molar refractivity (Wildman–Crippen MR) is 95.3 cm³/mol. The second kappa shape index (κ2) is 8.20. The van der Waals surface area contributed by atoms with Crippen LogP contribution >= 0.6 is 0 Å². The number of aryl methyl sites for hydroxylation is 1. The van der Waals surface area contributed by atoms with Crippen molar-refractivity contribution < 1.29 is 9.18 Å². The first-order valence-corrected chi connectivity index (χ1v) is 8.22. The Balaban J connectivity index is 1.72. The molecule has 0 atom stereocenters. The van der Waals surface area contributed by atoms with Crippen molar-refractivity contribution in [3.63, 3.8) is 0 Å². The lowest BCUT2D eigenvalue weighted by Crippen LogP contribution is -2.22. The first kappa shape index (κ1) is 16.8. The van der Waals surface area contributed by atoms with Gasteiger partial charge in [-0.15, -0.1) is 0 Å². The smallest absolute Gasteiger partial charge is 0.247 e. The van der Waals surface area contributed by atoms with Crippen LogP contribution in [0.1, 0.15) is 17.5 Å². The van der Waals surface area contributed by atoms with Gasteiger partial charge >= 0.3 is 0 Å². The molecule has 0 bridgehead atoms. The molecule has 0 fully saturated rings. The van der Waals surface area contributed by atoms with E-state index in [9.17, 15) is 9.18 Å². The van der Waals surface area contributed by atoms with Crippen LogP contribution < -0.4 is 5.49 Å². The van der Waals surface area contributed by atoms with E-state index in [4.69, 9.17) is 0 Å². The number of carbonyl (C=O) groups excluding carboxylic acids is 1. The first-order chi connectivity index (χ1) is 12.2. The van der Waals surface area contributed by atoms with Gasteiger partial charge in [0.25, 0.3) is 0 Å². The van der Waals surface area contributed by atoms with Crippen molar-refractivity contribution in [1.29, 1.82) is 0 Å². The van der Waals surface area contributed by atoms with Gasteiger partial charge in [0, 0.05) is 19.2 Å². The monoisotopic (exact) mass is 334 g/mol. The summed E-state index contributed by atoms with van der Waals surface area (Å²) in [7, 11) is 0. The average molecular weight is 334 g/mol. The third-order valence-corrected chi connectivity index (χ3v) is 3.89. The van der Waals surface area contributed by atoms with Gasteiger partial charge in [-0.25, -0.2) is 4.39 Å². The number of carbonyl (C=O) groups is 1. The highest BCUT2D eigenvalue weighted by molar-refractivity contribution is 5.77. The van der Waals surface area contributed by atoms with Crippen LogP contribution in [0.25, 0.3) is 0 Å². The van der Waals surface area contributed by atoms with Crippen molar-refractivity contribution in [3.05, 3.63) is 101 Å². The predicted octanol–water partition coefficient (Wildman–Crippen LogP) is 3.74. The molecule has 0 saturated carbocycles. The van der Waals surface area contributed by atoms with Gasteiger partial charge < -0.3 is 4.57 Å². The quantitative estimate of drug-likeness (QED) is 0.700. The molecular formula is C21H19FN2O. The van der Waals surface area contributed by atoms with Crippen molar-refractivity contribution in [2.75, 3.05) is 0 Å². The van der Waals surface area contributed by atoms with E-state index in [2.05, 4.69) is 4.99 Å². The fourth-order valence-corrected chi connectivity index (χ4v) is 2.57. The van der Waals surface area contributed by atoms with Gasteiger partial charge in [-0.1, -0.05) is 48.5 Å². The van der Waals surface area contributed by atoms with Gasteiger partial charge in [-0.05, 0) is 41.8 Å². The van der Waals surface area contributed by atoms with E-state index in [-0.39, 0.29) is 11.7 Å². The van der Waals surface area contributed by atoms with Crippen LogP contribution in [0.4, 0.5) is 4.39 Å². The van der Waals surface area contributed by atoms with Gasteiger partial charge in [-0.2, -0.15) is 4.99 Å². The SMILES string of the molecule is O=C(CCc1ccc(F)cc1)N=c1ccccn1Cc1ccccc1. The number of hydrogen-bond donors (Lipinski definition) is 0. The maximum atomic E-state index is 12.9. The maximum absolute atomic E-state index is 12.9. The van der Waals surface area contributed by atoms with E-state index in [0.717, 1.165) is 11.1 Å². The molecule has 1 amide bonds. The van der Waals surface area contributed by atoms with Gasteiger partial charge in [0.15, 0.2) is 0 Å². The number of aromatic nitrogens is 1. The Morgan fingerprint density at radius 3 is 2.36 bits per heavy atom. The van der Waals surface area contributed by atoms with Crippen molar-refractivity contribution in [3.8, 4) is 0 Å². The molecule has 0 unspecified atom stereocenters. The third kappa shape index (κ3) is 4.98. The summed E-state index contributed by atoms with van der Waals surface area (Å²) < 4.78 is 14.9. The maximum Gasteiger partial charge on any atom is 0.247 e. The van der Waals surface area contributed by atoms with E-state index < -0.39 is 0 Å². The summed E-state index contributed by atoms with van der Waals surface area (Å²) >= 11 is 0. The standard InChI is InChI=1S/C21H19FN2O/c22-19-12-9-17(10-13-19)11-14-21(25)23-20-8-4-5-15-24(20)16-18-6-2-1-3-7-18/h1-10,12-13,15H,11,14,16H2.